The lowest BCUT2D eigenvalue weighted by Gasteiger charge is -2.43. The molecule has 28 heavy (non-hydrogen) atoms. The van der Waals surface area contributed by atoms with Gasteiger partial charge in [-0.15, -0.1) is 12.4 Å². The minimum Gasteiger partial charge on any atom is -0.493 e. The van der Waals surface area contributed by atoms with Crippen molar-refractivity contribution in [2.45, 2.75) is 51.0 Å². The first-order valence-electron chi connectivity index (χ1n) is 10.6. The van der Waals surface area contributed by atoms with Gasteiger partial charge in [0.25, 0.3) is 0 Å². The van der Waals surface area contributed by atoms with Crippen LogP contribution in [-0.2, 0) is 9.53 Å². The van der Waals surface area contributed by atoms with Gasteiger partial charge in [-0.2, -0.15) is 0 Å². The van der Waals surface area contributed by atoms with Crippen molar-refractivity contribution in [2.24, 2.45) is 29.4 Å². The number of nitrogens with two attached hydrogens (primary N) is 1. The van der Waals surface area contributed by atoms with E-state index < -0.39 is 0 Å². The molecule has 2 saturated carbocycles. The van der Waals surface area contributed by atoms with Crippen LogP contribution in [0.5, 0.6) is 5.75 Å². The first kappa shape index (κ1) is 21.4. The van der Waals surface area contributed by atoms with Crippen LogP contribution >= 0.6 is 12.4 Å². The third-order valence-electron chi connectivity index (χ3n) is 6.73. The second kappa shape index (κ2) is 9.95. The molecule has 2 aliphatic carbocycles. The summed E-state index contributed by atoms with van der Waals surface area (Å²) >= 11 is 0. The fourth-order valence-electron chi connectivity index (χ4n) is 5.01. The Morgan fingerprint density at radius 3 is 2.36 bits per heavy atom. The highest BCUT2D eigenvalue weighted by Crippen LogP contribution is 2.42. The molecule has 4 rings (SSSR count). The lowest BCUT2D eigenvalue weighted by Crippen LogP contribution is -2.48. The van der Waals surface area contributed by atoms with Crippen molar-refractivity contribution in [3.63, 3.8) is 0 Å². The van der Waals surface area contributed by atoms with Crippen molar-refractivity contribution in [2.75, 3.05) is 25.1 Å². The summed E-state index contributed by atoms with van der Waals surface area (Å²) in [5.41, 5.74) is 7.19. The van der Waals surface area contributed by atoms with Gasteiger partial charge in [-0.1, -0.05) is 6.42 Å². The molecule has 0 radical (unpaired) electrons. The maximum atomic E-state index is 12.7. The van der Waals surface area contributed by atoms with Gasteiger partial charge in [0.15, 0.2) is 0 Å². The first-order chi connectivity index (χ1) is 13.2. The Labute approximate surface area is 174 Å². The molecule has 3 aliphatic rings. The van der Waals surface area contributed by atoms with Crippen LogP contribution in [0.2, 0.25) is 0 Å². The summed E-state index contributed by atoms with van der Waals surface area (Å²) in [4.78, 5) is 12.7. The molecule has 5 nitrogen and oxygen atoms in total. The number of carbonyl (C=O) groups is 1. The third-order valence-corrected chi connectivity index (χ3v) is 6.73. The molecule has 3 N–H and O–H groups in total. The predicted octanol–water partition coefficient (Wildman–Crippen LogP) is 4.01. The van der Waals surface area contributed by atoms with Gasteiger partial charge >= 0.3 is 0 Å². The molecule has 1 aromatic carbocycles. The van der Waals surface area contributed by atoms with Gasteiger partial charge in [0.1, 0.15) is 5.75 Å². The maximum Gasteiger partial charge on any atom is 0.227 e. The van der Waals surface area contributed by atoms with Crippen LogP contribution in [0.4, 0.5) is 5.69 Å². The van der Waals surface area contributed by atoms with E-state index in [0.29, 0.717) is 23.8 Å². The van der Waals surface area contributed by atoms with Crippen LogP contribution < -0.4 is 15.8 Å². The molecule has 0 aromatic heterocycles. The minimum absolute atomic E-state index is 0. The molecule has 0 spiro atoms. The summed E-state index contributed by atoms with van der Waals surface area (Å²) in [7, 11) is 0. The van der Waals surface area contributed by atoms with E-state index in [9.17, 15) is 4.79 Å². The number of halogens is 1. The summed E-state index contributed by atoms with van der Waals surface area (Å²) in [5.74, 6) is 2.73. The molecule has 1 amide bonds. The number of nitrogens with one attached hydrogen (secondary N) is 1. The van der Waals surface area contributed by atoms with Crippen molar-refractivity contribution < 1.29 is 14.3 Å². The molecular weight excluding hydrogens is 376 g/mol. The highest BCUT2D eigenvalue weighted by molar-refractivity contribution is 5.92. The Morgan fingerprint density at radius 2 is 1.71 bits per heavy atom. The zero-order chi connectivity index (χ0) is 18.6. The van der Waals surface area contributed by atoms with Gasteiger partial charge in [-0.05, 0) is 80.5 Å². The number of rotatable bonds is 5. The van der Waals surface area contributed by atoms with Gasteiger partial charge in [0.2, 0.25) is 5.91 Å². The number of benzene rings is 1. The van der Waals surface area contributed by atoms with E-state index in [1.165, 1.54) is 19.3 Å². The number of anilines is 1. The van der Waals surface area contributed by atoms with E-state index in [1.807, 2.05) is 24.3 Å². The van der Waals surface area contributed by atoms with Crippen LogP contribution in [-0.4, -0.2) is 31.8 Å². The minimum atomic E-state index is 0. The van der Waals surface area contributed by atoms with E-state index in [-0.39, 0.29) is 24.2 Å². The standard InChI is InChI=1S/C22H32N2O3.ClH/c23-21-16-2-1-3-17(21)13-18(12-16)22(25)24-19-4-6-20(7-5-19)27-14-15-8-10-26-11-9-15;/h4-7,15-18,21H,1-3,8-14,23H2,(H,24,25);1H. The topological polar surface area (TPSA) is 73.6 Å². The Balaban J connectivity index is 0.00000225. The van der Waals surface area contributed by atoms with E-state index in [1.54, 1.807) is 0 Å². The normalized spacial score (nSPS) is 30.2. The second-order valence-corrected chi connectivity index (χ2v) is 8.58. The quantitative estimate of drug-likeness (QED) is 0.772. The number of carbonyl (C=O) groups excluding carboxylic acids is 1. The first-order valence-corrected chi connectivity index (χ1v) is 10.6. The van der Waals surface area contributed by atoms with Crippen molar-refractivity contribution >= 4 is 24.0 Å². The number of amides is 1. The van der Waals surface area contributed by atoms with E-state index in [2.05, 4.69) is 5.32 Å². The Bertz CT molecular complexity index is 619. The van der Waals surface area contributed by atoms with Gasteiger partial charge < -0.3 is 20.5 Å². The molecule has 1 aliphatic heterocycles. The molecule has 2 atom stereocenters. The van der Waals surface area contributed by atoms with Gasteiger partial charge in [0, 0.05) is 30.9 Å². The van der Waals surface area contributed by atoms with Crippen molar-refractivity contribution in [1.82, 2.24) is 0 Å². The maximum absolute atomic E-state index is 12.7. The summed E-state index contributed by atoms with van der Waals surface area (Å²) in [5, 5.41) is 3.10. The number of ether oxygens (including phenoxy) is 2. The Hall–Kier alpha value is -1.30. The lowest BCUT2D eigenvalue weighted by molar-refractivity contribution is -0.122. The highest BCUT2D eigenvalue weighted by Gasteiger charge is 2.40. The molecular formula is C22H33ClN2O3. The molecule has 2 bridgehead atoms. The predicted molar refractivity (Wildman–Crippen MR) is 113 cm³/mol. The zero-order valence-corrected chi connectivity index (χ0v) is 17.3. The van der Waals surface area contributed by atoms with Crippen LogP contribution in [0, 0.1) is 23.7 Å². The average molecular weight is 409 g/mol. The summed E-state index contributed by atoms with van der Waals surface area (Å²) in [6.45, 7) is 2.42. The van der Waals surface area contributed by atoms with E-state index >= 15 is 0 Å². The number of fused-ring (bicyclic) bond motifs is 2. The van der Waals surface area contributed by atoms with Crippen molar-refractivity contribution in [3.8, 4) is 5.75 Å². The monoisotopic (exact) mass is 408 g/mol. The van der Waals surface area contributed by atoms with Crippen LogP contribution in [0.1, 0.15) is 44.9 Å². The van der Waals surface area contributed by atoms with Crippen LogP contribution in [0.3, 0.4) is 0 Å². The molecule has 2 unspecified atom stereocenters. The zero-order valence-electron chi connectivity index (χ0n) is 16.5. The molecule has 156 valence electrons. The lowest BCUT2D eigenvalue weighted by atomic mass is 9.65. The van der Waals surface area contributed by atoms with Gasteiger partial charge in [-0.25, -0.2) is 0 Å². The molecule has 1 aromatic rings. The van der Waals surface area contributed by atoms with Crippen molar-refractivity contribution in [3.05, 3.63) is 24.3 Å². The number of hydrogen-bond donors (Lipinski definition) is 2. The SMILES string of the molecule is Cl.NC1C2CCCC1CC(C(=O)Nc1ccc(OCC3CCOCC3)cc1)C2. The van der Waals surface area contributed by atoms with Gasteiger partial charge in [0.05, 0.1) is 6.61 Å². The van der Waals surface area contributed by atoms with Crippen LogP contribution in [0.15, 0.2) is 24.3 Å². The van der Waals surface area contributed by atoms with E-state index in [4.69, 9.17) is 15.2 Å². The molecule has 1 saturated heterocycles. The summed E-state index contributed by atoms with van der Waals surface area (Å²) in [6.07, 6.45) is 7.65. The Morgan fingerprint density at radius 1 is 1.07 bits per heavy atom. The second-order valence-electron chi connectivity index (χ2n) is 8.58. The fourth-order valence-corrected chi connectivity index (χ4v) is 5.01. The van der Waals surface area contributed by atoms with Crippen LogP contribution in [0.25, 0.3) is 0 Å². The highest BCUT2D eigenvalue weighted by atomic mass is 35.5. The Kier molecular flexibility index (Phi) is 7.61. The van der Waals surface area contributed by atoms with E-state index in [0.717, 1.165) is 56.9 Å². The summed E-state index contributed by atoms with van der Waals surface area (Å²) in [6, 6.07) is 8.06. The average Bonchev–Trinajstić information content (AvgIpc) is 2.68. The molecule has 6 heteroatoms. The molecule has 1 heterocycles. The number of hydrogen-bond acceptors (Lipinski definition) is 4. The largest absolute Gasteiger partial charge is 0.493 e. The molecule has 3 fully saturated rings. The fraction of sp³-hybridized carbons (Fsp3) is 0.682. The van der Waals surface area contributed by atoms with Gasteiger partial charge in [-0.3, -0.25) is 4.79 Å². The smallest absolute Gasteiger partial charge is 0.227 e. The van der Waals surface area contributed by atoms with Crippen molar-refractivity contribution in [1.29, 1.82) is 0 Å². The summed E-state index contributed by atoms with van der Waals surface area (Å²) < 4.78 is 11.3. The third kappa shape index (κ3) is 5.19.